The molecule has 0 spiro atoms. The minimum atomic E-state index is -0.442. The van der Waals surface area contributed by atoms with Crippen molar-refractivity contribution >= 4 is 21.6 Å². The van der Waals surface area contributed by atoms with Gasteiger partial charge in [0.1, 0.15) is 11.5 Å². The number of nitrogens with one attached hydrogen (secondary N) is 1. The first kappa shape index (κ1) is 15.5. The molecule has 2 aromatic carbocycles. The van der Waals surface area contributed by atoms with Gasteiger partial charge in [0.05, 0.1) is 15.5 Å². The second-order valence-corrected chi connectivity index (χ2v) is 5.46. The fraction of sp³-hybridized carbons (Fsp3) is 0.200. The van der Waals surface area contributed by atoms with Gasteiger partial charge >= 0.3 is 0 Å². The number of rotatable bonds is 5. The Morgan fingerprint density at radius 1 is 1.24 bits per heavy atom. The van der Waals surface area contributed by atoms with E-state index in [1.165, 1.54) is 12.1 Å². The highest BCUT2D eigenvalue weighted by Crippen LogP contribution is 2.34. The van der Waals surface area contributed by atoms with Crippen LogP contribution in [0.15, 0.2) is 40.9 Å². The number of ether oxygens (including phenoxy) is 1. The summed E-state index contributed by atoms with van der Waals surface area (Å²) < 4.78 is 6.47. The van der Waals surface area contributed by atoms with Crippen LogP contribution in [-0.2, 0) is 6.54 Å². The summed E-state index contributed by atoms with van der Waals surface area (Å²) in [5.74, 6) is 1.10. The van der Waals surface area contributed by atoms with E-state index >= 15 is 0 Å². The van der Waals surface area contributed by atoms with Crippen LogP contribution >= 0.6 is 15.9 Å². The molecule has 0 aliphatic carbocycles. The van der Waals surface area contributed by atoms with Crippen molar-refractivity contribution in [3.05, 3.63) is 62.1 Å². The van der Waals surface area contributed by atoms with Crippen LogP contribution in [0.25, 0.3) is 0 Å². The van der Waals surface area contributed by atoms with Gasteiger partial charge in [-0.25, -0.2) is 0 Å². The first-order chi connectivity index (χ1) is 10.0. The van der Waals surface area contributed by atoms with Crippen molar-refractivity contribution in [1.29, 1.82) is 0 Å². The molecule has 0 radical (unpaired) electrons. The Morgan fingerprint density at radius 3 is 2.62 bits per heavy atom. The van der Waals surface area contributed by atoms with Crippen molar-refractivity contribution in [2.75, 3.05) is 7.05 Å². The summed E-state index contributed by atoms with van der Waals surface area (Å²) in [7, 11) is 1.89. The molecule has 2 aromatic rings. The smallest absolute Gasteiger partial charge is 0.273 e. The van der Waals surface area contributed by atoms with E-state index in [-0.39, 0.29) is 5.69 Å². The van der Waals surface area contributed by atoms with Crippen LogP contribution < -0.4 is 10.1 Å². The molecule has 0 unspecified atom stereocenters. The summed E-state index contributed by atoms with van der Waals surface area (Å²) in [6, 6.07) is 10.3. The Labute approximate surface area is 131 Å². The lowest BCUT2D eigenvalue weighted by atomic mass is 10.1. The standard InChI is InChI=1S/C15H15BrN2O3/c1-10-7-11(9-17-2)3-6-14(10)21-15-8-12(18(19)20)4-5-13(15)16/h3-8,17H,9H2,1-2H3. The highest BCUT2D eigenvalue weighted by molar-refractivity contribution is 9.10. The Morgan fingerprint density at radius 2 is 2.00 bits per heavy atom. The first-order valence-corrected chi connectivity index (χ1v) is 7.16. The molecule has 0 saturated carbocycles. The molecular weight excluding hydrogens is 336 g/mol. The summed E-state index contributed by atoms with van der Waals surface area (Å²) >= 11 is 3.34. The van der Waals surface area contributed by atoms with E-state index < -0.39 is 4.92 Å². The van der Waals surface area contributed by atoms with E-state index in [2.05, 4.69) is 21.2 Å². The summed E-state index contributed by atoms with van der Waals surface area (Å²) in [5.41, 5.74) is 2.12. The summed E-state index contributed by atoms with van der Waals surface area (Å²) in [6.07, 6.45) is 0. The van der Waals surface area contributed by atoms with Gasteiger partial charge in [0, 0.05) is 12.6 Å². The molecule has 0 atom stereocenters. The fourth-order valence-electron chi connectivity index (χ4n) is 1.94. The van der Waals surface area contributed by atoms with Gasteiger partial charge in [0.15, 0.2) is 0 Å². The molecule has 0 amide bonds. The van der Waals surface area contributed by atoms with Crippen molar-refractivity contribution in [2.45, 2.75) is 13.5 Å². The maximum Gasteiger partial charge on any atom is 0.273 e. The van der Waals surface area contributed by atoms with E-state index in [0.717, 1.165) is 17.7 Å². The highest BCUT2D eigenvalue weighted by Gasteiger charge is 2.12. The first-order valence-electron chi connectivity index (χ1n) is 6.37. The van der Waals surface area contributed by atoms with Crippen molar-refractivity contribution in [3.8, 4) is 11.5 Å². The quantitative estimate of drug-likeness (QED) is 0.648. The Hall–Kier alpha value is -1.92. The highest BCUT2D eigenvalue weighted by atomic mass is 79.9. The maximum atomic E-state index is 10.8. The number of hydrogen-bond donors (Lipinski definition) is 1. The molecule has 0 aromatic heterocycles. The van der Waals surface area contributed by atoms with Crippen molar-refractivity contribution in [3.63, 3.8) is 0 Å². The number of nitrogens with zero attached hydrogens (tertiary/aromatic N) is 1. The third kappa shape index (κ3) is 3.80. The lowest BCUT2D eigenvalue weighted by molar-refractivity contribution is -0.384. The predicted octanol–water partition coefficient (Wildman–Crippen LogP) is 4.18. The zero-order chi connectivity index (χ0) is 15.4. The fourth-order valence-corrected chi connectivity index (χ4v) is 2.27. The number of halogens is 1. The van der Waals surface area contributed by atoms with Gasteiger partial charge in [0.2, 0.25) is 0 Å². The lowest BCUT2D eigenvalue weighted by Gasteiger charge is -2.11. The Bertz CT molecular complexity index is 674. The Balaban J connectivity index is 2.29. The summed E-state index contributed by atoms with van der Waals surface area (Å²) in [4.78, 5) is 10.4. The van der Waals surface area contributed by atoms with Gasteiger partial charge in [-0.2, -0.15) is 0 Å². The minimum absolute atomic E-state index is 0.00217. The molecular formula is C15H15BrN2O3. The SMILES string of the molecule is CNCc1ccc(Oc2cc([N+](=O)[O-])ccc2Br)c(C)c1. The van der Waals surface area contributed by atoms with Gasteiger partial charge in [0.25, 0.3) is 5.69 Å². The number of aryl methyl sites for hydroxylation is 1. The van der Waals surface area contributed by atoms with E-state index in [4.69, 9.17) is 4.74 Å². The summed E-state index contributed by atoms with van der Waals surface area (Å²) in [6.45, 7) is 2.72. The molecule has 1 N–H and O–H groups in total. The van der Waals surface area contributed by atoms with E-state index in [1.807, 2.05) is 32.2 Å². The largest absolute Gasteiger partial charge is 0.456 e. The third-order valence-electron chi connectivity index (χ3n) is 2.97. The molecule has 5 nitrogen and oxygen atoms in total. The molecule has 0 aliphatic heterocycles. The summed E-state index contributed by atoms with van der Waals surface area (Å²) in [5, 5.41) is 13.9. The predicted molar refractivity (Wildman–Crippen MR) is 84.8 cm³/mol. The topological polar surface area (TPSA) is 64.4 Å². The molecule has 2 rings (SSSR count). The number of non-ortho nitro benzene ring substituents is 1. The van der Waals surface area contributed by atoms with E-state index in [1.54, 1.807) is 6.07 Å². The molecule has 0 saturated heterocycles. The number of nitro benzene ring substituents is 1. The molecule has 0 aliphatic rings. The van der Waals surface area contributed by atoms with Crippen LogP contribution in [0, 0.1) is 17.0 Å². The zero-order valence-electron chi connectivity index (χ0n) is 11.7. The van der Waals surface area contributed by atoms with Gasteiger partial charge < -0.3 is 10.1 Å². The molecule has 110 valence electrons. The van der Waals surface area contributed by atoms with Crippen LogP contribution in [0.3, 0.4) is 0 Å². The number of nitro groups is 1. The number of hydrogen-bond acceptors (Lipinski definition) is 4. The molecule has 0 heterocycles. The lowest BCUT2D eigenvalue weighted by Crippen LogP contribution is -2.05. The Kier molecular flexibility index (Phi) is 4.93. The van der Waals surface area contributed by atoms with Gasteiger partial charge in [-0.1, -0.05) is 12.1 Å². The van der Waals surface area contributed by atoms with Crippen LogP contribution in [0.5, 0.6) is 11.5 Å². The maximum absolute atomic E-state index is 10.8. The van der Waals surface area contributed by atoms with Crippen LogP contribution in [0.2, 0.25) is 0 Å². The normalized spacial score (nSPS) is 10.4. The van der Waals surface area contributed by atoms with Crippen LogP contribution in [-0.4, -0.2) is 12.0 Å². The molecule has 0 bridgehead atoms. The van der Waals surface area contributed by atoms with Crippen LogP contribution in [0.1, 0.15) is 11.1 Å². The third-order valence-corrected chi connectivity index (χ3v) is 3.62. The van der Waals surface area contributed by atoms with Crippen molar-refractivity contribution in [2.24, 2.45) is 0 Å². The number of benzene rings is 2. The molecule has 21 heavy (non-hydrogen) atoms. The van der Waals surface area contributed by atoms with Crippen molar-refractivity contribution in [1.82, 2.24) is 5.32 Å². The average molecular weight is 351 g/mol. The molecule has 6 heteroatoms. The van der Waals surface area contributed by atoms with E-state index in [9.17, 15) is 10.1 Å². The zero-order valence-corrected chi connectivity index (χ0v) is 13.3. The van der Waals surface area contributed by atoms with Crippen molar-refractivity contribution < 1.29 is 9.66 Å². The minimum Gasteiger partial charge on any atom is -0.456 e. The van der Waals surface area contributed by atoms with Gasteiger partial charge in [-0.15, -0.1) is 0 Å². The van der Waals surface area contributed by atoms with Gasteiger partial charge in [-0.3, -0.25) is 10.1 Å². The second-order valence-electron chi connectivity index (χ2n) is 4.60. The molecule has 0 fully saturated rings. The van der Waals surface area contributed by atoms with Gasteiger partial charge in [-0.05, 0) is 53.2 Å². The second kappa shape index (κ2) is 6.69. The van der Waals surface area contributed by atoms with Crippen LogP contribution in [0.4, 0.5) is 5.69 Å². The monoisotopic (exact) mass is 350 g/mol. The average Bonchev–Trinajstić information content (AvgIpc) is 2.44. The van der Waals surface area contributed by atoms with E-state index in [0.29, 0.717) is 16.0 Å².